The number of rotatable bonds is 4. The maximum Gasteiger partial charge on any atom is 0.324 e. The molecule has 5 heteroatoms. The van der Waals surface area contributed by atoms with Gasteiger partial charge < -0.3 is 4.90 Å². The summed E-state index contributed by atoms with van der Waals surface area (Å²) in [7, 11) is 0. The van der Waals surface area contributed by atoms with Gasteiger partial charge in [-0.15, -0.1) is 0 Å². The normalized spacial score (nSPS) is 15.0. The summed E-state index contributed by atoms with van der Waals surface area (Å²) in [5.74, 6) is 0. The highest BCUT2D eigenvalue weighted by Gasteiger charge is 2.30. The number of carbonyl (C=O) groups excluding carboxylic acids is 2. The van der Waals surface area contributed by atoms with Crippen molar-refractivity contribution in [1.29, 1.82) is 0 Å². The lowest BCUT2D eigenvalue weighted by molar-refractivity contribution is 0.209. The third kappa shape index (κ3) is 2.83. The topological polar surface area (TPSA) is 53.0 Å². The number of amides is 2. The number of anilines is 1. The molecule has 0 aromatic heterocycles. The minimum Gasteiger partial charge on any atom is -0.320 e. The van der Waals surface area contributed by atoms with Gasteiger partial charge in [-0.25, -0.2) is 14.6 Å². The van der Waals surface area contributed by atoms with E-state index >= 15 is 0 Å². The van der Waals surface area contributed by atoms with E-state index in [-0.39, 0.29) is 12.1 Å². The zero-order valence-corrected chi connectivity index (χ0v) is 11.2. The first kappa shape index (κ1) is 13.3. The Bertz CT molecular complexity index is 521. The highest BCUT2D eigenvalue weighted by Crippen LogP contribution is 2.22. The van der Waals surface area contributed by atoms with Crippen LogP contribution in [0.1, 0.15) is 19.4 Å². The van der Waals surface area contributed by atoms with Crippen molar-refractivity contribution in [2.45, 2.75) is 26.4 Å². The van der Waals surface area contributed by atoms with E-state index in [0.29, 0.717) is 13.1 Å². The third-order valence-electron chi connectivity index (χ3n) is 3.21. The van der Waals surface area contributed by atoms with Gasteiger partial charge in [0.2, 0.25) is 6.08 Å². The van der Waals surface area contributed by atoms with E-state index in [0.717, 1.165) is 17.8 Å². The van der Waals surface area contributed by atoms with Crippen LogP contribution in [0.25, 0.3) is 0 Å². The molecule has 1 heterocycles. The van der Waals surface area contributed by atoms with Crippen molar-refractivity contribution >= 4 is 17.8 Å². The summed E-state index contributed by atoms with van der Waals surface area (Å²) < 4.78 is 0. The van der Waals surface area contributed by atoms with E-state index in [4.69, 9.17) is 0 Å². The van der Waals surface area contributed by atoms with Crippen LogP contribution >= 0.6 is 0 Å². The Hall–Kier alpha value is -2.13. The Morgan fingerprint density at radius 1 is 1.37 bits per heavy atom. The number of isocyanates is 1. The van der Waals surface area contributed by atoms with Crippen molar-refractivity contribution in [2.24, 2.45) is 4.99 Å². The molecule has 1 saturated heterocycles. The standard InChI is InChI=1S/C14H17N3O2/c1-11(2)16-6-7-17(14(16)19)13-5-3-4-12(8-13)9-15-10-18/h3-5,8,11H,6-7,9H2,1-2H3. The van der Waals surface area contributed by atoms with Crippen LogP contribution in [0.2, 0.25) is 0 Å². The first-order valence-corrected chi connectivity index (χ1v) is 6.34. The van der Waals surface area contributed by atoms with Gasteiger partial charge in [0.15, 0.2) is 0 Å². The first-order chi connectivity index (χ1) is 9.13. The summed E-state index contributed by atoms with van der Waals surface area (Å²) in [6, 6.07) is 7.78. The van der Waals surface area contributed by atoms with E-state index < -0.39 is 0 Å². The van der Waals surface area contributed by atoms with Gasteiger partial charge in [0.05, 0.1) is 6.54 Å². The minimum atomic E-state index is 0.0334. The van der Waals surface area contributed by atoms with Crippen LogP contribution in [0.15, 0.2) is 29.3 Å². The molecule has 0 saturated carbocycles. The predicted molar refractivity (Wildman–Crippen MR) is 72.9 cm³/mol. The van der Waals surface area contributed by atoms with Crippen LogP contribution in [0.3, 0.4) is 0 Å². The lowest BCUT2D eigenvalue weighted by Gasteiger charge is -2.22. The maximum absolute atomic E-state index is 12.2. The molecule has 2 amide bonds. The van der Waals surface area contributed by atoms with Crippen LogP contribution in [-0.2, 0) is 11.3 Å². The van der Waals surface area contributed by atoms with E-state index in [1.165, 1.54) is 6.08 Å². The van der Waals surface area contributed by atoms with Crippen LogP contribution in [0.4, 0.5) is 10.5 Å². The predicted octanol–water partition coefficient (Wildman–Crippen LogP) is 2.17. The van der Waals surface area contributed by atoms with Crippen LogP contribution in [-0.4, -0.2) is 36.1 Å². The number of benzene rings is 1. The molecule has 0 atom stereocenters. The van der Waals surface area contributed by atoms with Crippen molar-refractivity contribution in [3.63, 3.8) is 0 Å². The van der Waals surface area contributed by atoms with Gasteiger partial charge in [-0.2, -0.15) is 0 Å². The maximum atomic E-state index is 12.2. The molecule has 0 bridgehead atoms. The van der Waals surface area contributed by atoms with E-state index in [9.17, 15) is 9.59 Å². The number of aliphatic imine (C=N–C) groups is 1. The molecule has 1 aliphatic rings. The number of hydrogen-bond acceptors (Lipinski definition) is 3. The molecule has 0 N–H and O–H groups in total. The molecule has 100 valence electrons. The summed E-state index contributed by atoms with van der Waals surface area (Å²) in [6.45, 7) is 5.76. The van der Waals surface area contributed by atoms with Gasteiger partial charge in [-0.3, -0.25) is 4.90 Å². The molecule has 0 unspecified atom stereocenters. The molecule has 5 nitrogen and oxygen atoms in total. The monoisotopic (exact) mass is 259 g/mol. The van der Waals surface area contributed by atoms with Crippen molar-refractivity contribution in [3.05, 3.63) is 29.8 Å². The SMILES string of the molecule is CC(C)N1CCN(c2cccc(CN=C=O)c2)C1=O. The van der Waals surface area contributed by atoms with Crippen LogP contribution in [0, 0.1) is 0 Å². The summed E-state index contributed by atoms with van der Waals surface area (Å²) in [5, 5.41) is 0. The second-order valence-corrected chi connectivity index (χ2v) is 4.80. The number of nitrogens with zero attached hydrogens (tertiary/aromatic N) is 3. The number of urea groups is 1. The van der Waals surface area contributed by atoms with Crippen LogP contribution < -0.4 is 4.90 Å². The molecular weight excluding hydrogens is 242 g/mol. The van der Waals surface area contributed by atoms with Crippen molar-refractivity contribution in [1.82, 2.24) is 4.90 Å². The van der Waals surface area contributed by atoms with Crippen molar-refractivity contribution < 1.29 is 9.59 Å². The zero-order valence-electron chi connectivity index (χ0n) is 11.2. The summed E-state index contributed by atoms with van der Waals surface area (Å²) in [4.78, 5) is 29.5. The van der Waals surface area contributed by atoms with Gasteiger partial charge in [0, 0.05) is 24.8 Å². The summed E-state index contributed by atoms with van der Waals surface area (Å²) in [5.41, 5.74) is 1.75. The zero-order chi connectivity index (χ0) is 13.8. The minimum absolute atomic E-state index is 0.0334. The molecule has 2 rings (SSSR count). The fraction of sp³-hybridized carbons (Fsp3) is 0.429. The van der Waals surface area contributed by atoms with Crippen LogP contribution in [0.5, 0.6) is 0 Å². The Morgan fingerprint density at radius 2 is 2.16 bits per heavy atom. The smallest absolute Gasteiger partial charge is 0.320 e. The Morgan fingerprint density at radius 3 is 2.79 bits per heavy atom. The molecule has 1 aromatic rings. The number of carbonyl (C=O) groups is 1. The Balaban J connectivity index is 2.18. The van der Waals surface area contributed by atoms with Crippen molar-refractivity contribution in [2.75, 3.05) is 18.0 Å². The largest absolute Gasteiger partial charge is 0.324 e. The van der Waals surface area contributed by atoms with Gasteiger partial charge in [0.25, 0.3) is 0 Å². The van der Waals surface area contributed by atoms with E-state index in [2.05, 4.69) is 4.99 Å². The van der Waals surface area contributed by atoms with E-state index in [1.54, 1.807) is 4.90 Å². The fourth-order valence-corrected chi connectivity index (χ4v) is 2.22. The second kappa shape index (κ2) is 5.67. The average Bonchev–Trinajstić information content (AvgIpc) is 2.78. The number of hydrogen-bond donors (Lipinski definition) is 0. The molecule has 1 aliphatic heterocycles. The lowest BCUT2D eigenvalue weighted by Crippen LogP contribution is -2.36. The Kier molecular flexibility index (Phi) is 3.97. The molecule has 0 spiro atoms. The first-order valence-electron chi connectivity index (χ1n) is 6.34. The lowest BCUT2D eigenvalue weighted by atomic mass is 10.2. The molecule has 1 aromatic carbocycles. The second-order valence-electron chi connectivity index (χ2n) is 4.80. The van der Waals surface area contributed by atoms with Crippen molar-refractivity contribution in [3.8, 4) is 0 Å². The summed E-state index contributed by atoms with van der Waals surface area (Å²) in [6.07, 6.45) is 1.52. The van der Waals surface area contributed by atoms with E-state index in [1.807, 2.05) is 43.0 Å². The molecule has 0 radical (unpaired) electrons. The van der Waals surface area contributed by atoms with Gasteiger partial charge >= 0.3 is 6.03 Å². The third-order valence-corrected chi connectivity index (χ3v) is 3.21. The van der Waals surface area contributed by atoms with Gasteiger partial charge in [-0.1, -0.05) is 12.1 Å². The van der Waals surface area contributed by atoms with Gasteiger partial charge in [0.1, 0.15) is 0 Å². The highest BCUT2D eigenvalue weighted by atomic mass is 16.2. The fourth-order valence-electron chi connectivity index (χ4n) is 2.22. The summed E-state index contributed by atoms with van der Waals surface area (Å²) >= 11 is 0. The molecule has 1 fully saturated rings. The average molecular weight is 259 g/mol. The Labute approximate surface area is 112 Å². The quantitative estimate of drug-likeness (QED) is 0.614. The molecular formula is C14H17N3O2. The molecule has 0 aliphatic carbocycles. The van der Waals surface area contributed by atoms with Gasteiger partial charge in [-0.05, 0) is 31.5 Å². The highest BCUT2D eigenvalue weighted by molar-refractivity contribution is 5.94. The molecule has 19 heavy (non-hydrogen) atoms.